The van der Waals surface area contributed by atoms with Gasteiger partial charge in [-0.2, -0.15) is 0 Å². The van der Waals surface area contributed by atoms with E-state index in [1.807, 2.05) is 0 Å². The Kier molecular flexibility index (Phi) is 3.80. The van der Waals surface area contributed by atoms with E-state index in [1.165, 1.54) is 65.9 Å². The minimum atomic E-state index is 1.17. The molecule has 0 spiro atoms. The molecule has 0 radical (unpaired) electrons. The Labute approximate surface area is 191 Å². The molecule has 7 rings (SSSR count). The molecule has 5 aromatic carbocycles. The van der Waals surface area contributed by atoms with Crippen molar-refractivity contribution in [1.82, 2.24) is 9.55 Å². The first-order valence-corrected chi connectivity index (χ1v) is 11.3. The van der Waals surface area contributed by atoms with E-state index < -0.39 is 0 Å². The minimum Gasteiger partial charge on any atom is -0.355 e. The number of para-hydroxylation sites is 1. The van der Waals surface area contributed by atoms with E-state index in [4.69, 9.17) is 0 Å². The minimum absolute atomic E-state index is 1.17. The summed E-state index contributed by atoms with van der Waals surface area (Å²) >= 11 is 0. The third-order valence-corrected chi connectivity index (χ3v) is 6.95. The van der Waals surface area contributed by atoms with E-state index in [-0.39, 0.29) is 0 Å². The number of fused-ring (bicyclic) bond motifs is 6. The van der Waals surface area contributed by atoms with Crippen molar-refractivity contribution in [1.29, 1.82) is 0 Å². The van der Waals surface area contributed by atoms with Crippen LogP contribution in [0.2, 0.25) is 0 Å². The van der Waals surface area contributed by atoms with Crippen molar-refractivity contribution in [3.8, 4) is 22.3 Å². The van der Waals surface area contributed by atoms with Crippen molar-refractivity contribution in [2.45, 2.75) is 0 Å². The Hall–Kier alpha value is -4.30. The Morgan fingerprint density at radius 2 is 1.00 bits per heavy atom. The quantitative estimate of drug-likeness (QED) is 0.289. The van der Waals surface area contributed by atoms with Crippen LogP contribution < -0.4 is 0 Å². The van der Waals surface area contributed by atoms with Gasteiger partial charge >= 0.3 is 0 Å². The van der Waals surface area contributed by atoms with Crippen LogP contribution in [-0.2, 0) is 7.05 Å². The molecule has 0 bridgehead atoms. The predicted molar refractivity (Wildman–Crippen MR) is 141 cm³/mol. The van der Waals surface area contributed by atoms with Gasteiger partial charge in [0.25, 0.3) is 0 Å². The average Bonchev–Trinajstić information content (AvgIpc) is 3.39. The number of H-pyrrole nitrogens is 1. The molecule has 0 aliphatic rings. The SMILES string of the molecule is Cn1c2ccccc2c2cc(-c3ccc4[nH]c5ccc(-c6ccccc6)cc5c4c3)ccc21. The van der Waals surface area contributed by atoms with Gasteiger partial charge in [-0.05, 0) is 64.7 Å². The summed E-state index contributed by atoms with van der Waals surface area (Å²) in [6.07, 6.45) is 0. The summed E-state index contributed by atoms with van der Waals surface area (Å²) < 4.78 is 2.28. The van der Waals surface area contributed by atoms with Gasteiger partial charge in [-0.3, -0.25) is 0 Å². The zero-order chi connectivity index (χ0) is 21.9. The van der Waals surface area contributed by atoms with Crippen LogP contribution in [0.15, 0.2) is 109 Å². The zero-order valence-corrected chi connectivity index (χ0v) is 18.3. The first-order valence-electron chi connectivity index (χ1n) is 11.3. The molecule has 0 saturated heterocycles. The summed E-state index contributed by atoms with van der Waals surface area (Å²) in [5.41, 5.74) is 9.85. The van der Waals surface area contributed by atoms with Crippen molar-refractivity contribution in [3.05, 3.63) is 109 Å². The van der Waals surface area contributed by atoms with Gasteiger partial charge < -0.3 is 9.55 Å². The maximum Gasteiger partial charge on any atom is 0.0489 e. The van der Waals surface area contributed by atoms with E-state index in [1.54, 1.807) is 0 Å². The lowest BCUT2D eigenvalue weighted by atomic mass is 9.99. The topological polar surface area (TPSA) is 20.7 Å². The Morgan fingerprint density at radius 1 is 0.455 bits per heavy atom. The number of aryl methyl sites for hydroxylation is 1. The number of benzene rings is 5. The molecule has 2 heteroatoms. The molecule has 1 N–H and O–H groups in total. The van der Waals surface area contributed by atoms with Gasteiger partial charge in [-0.25, -0.2) is 0 Å². The fourth-order valence-electron chi connectivity index (χ4n) is 5.23. The Balaban J connectivity index is 1.43. The van der Waals surface area contributed by atoms with E-state index in [0.29, 0.717) is 0 Å². The zero-order valence-electron chi connectivity index (χ0n) is 18.3. The Morgan fingerprint density at radius 3 is 1.73 bits per heavy atom. The lowest BCUT2D eigenvalue weighted by Crippen LogP contribution is -1.86. The summed E-state index contributed by atoms with van der Waals surface area (Å²) in [6, 6.07) is 39.5. The molecule has 0 aliphatic heterocycles. The highest BCUT2D eigenvalue weighted by Gasteiger charge is 2.11. The first kappa shape index (κ1) is 18.3. The first-order chi connectivity index (χ1) is 16.3. The molecule has 7 aromatic rings. The van der Waals surface area contributed by atoms with Crippen LogP contribution in [0.25, 0.3) is 65.9 Å². The van der Waals surface area contributed by atoms with Crippen LogP contribution in [0.4, 0.5) is 0 Å². The van der Waals surface area contributed by atoms with Gasteiger partial charge in [0.15, 0.2) is 0 Å². The largest absolute Gasteiger partial charge is 0.355 e. The van der Waals surface area contributed by atoms with Gasteiger partial charge in [0.2, 0.25) is 0 Å². The summed E-state index contributed by atoms with van der Waals surface area (Å²) in [5, 5.41) is 5.13. The summed E-state index contributed by atoms with van der Waals surface area (Å²) in [7, 11) is 2.15. The molecule has 2 aromatic heterocycles. The van der Waals surface area contributed by atoms with Crippen molar-refractivity contribution in [2.24, 2.45) is 7.05 Å². The van der Waals surface area contributed by atoms with E-state index in [2.05, 4.69) is 126 Å². The molecular weight excluding hydrogens is 400 g/mol. The van der Waals surface area contributed by atoms with Crippen molar-refractivity contribution in [2.75, 3.05) is 0 Å². The monoisotopic (exact) mass is 422 g/mol. The van der Waals surface area contributed by atoms with Crippen LogP contribution in [0.1, 0.15) is 0 Å². The molecular formula is C31H22N2. The maximum atomic E-state index is 3.59. The van der Waals surface area contributed by atoms with E-state index >= 15 is 0 Å². The second-order valence-electron chi connectivity index (χ2n) is 8.82. The molecule has 0 unspecified atom stereocenters. The molecule has 0 aliphatic carbocycles. The molecule has 156 valence electrons. The number of rotatable bonds is 2. The molecule has 2 nitrogen and oxygen atoms in total. The third kappa shape index (κ3) is 2.74. The lowest BCUT2D eigenvalue weighted by molar-refractivity contribution is 1.01. The van der Waals surface area contributed by atoms with Gasteiger partial charge in [0, 0.05) is 50.7 Å². The number of nitrogens with one attached hydrogen (secondary N) is 1. The van der Waals surface area contributed by atoms with Crippen molar-refractivity contribution < 1.29 is 0 Å². The van der Waals surface area contributed by atoms with E-state index in [0.717, 1.165) is 0 Å². The van der Waals surface area contributed by atoms with Crippen molar-refractivity contribution in [3.63, 3.8) is 0 Å². The molecule has 0 fully saturated rings. The number of aromatic amines is 1. The lowest BCUT2D eigenvalue weighted by Gasteiger charge is -2.05. The van der Waals surface area contributed by atoms with Gasteiger partial charge in [0.05, 0.1) is 0 Å². The molecule has 0 atom stereocenters. The summed E-state index contributed by atoms with van der Waals surface area (Å²) in [5.74, 6) is 0. The number of aromatic nitrogens is 2. The normalized spacial score (nSPS) is 11.8. The fourth-order valence-corrected chi connectivity index (χ4v) is 5.23. The smallest absolute Gasteiger partial charge is 0.0489 e. The van der Waals surface area contributed by atoms with Gasteiger partial charge in [0.1, 0.15) is 0 Å². The highest BCUT2D eigenvalue weighted by Crippen LogP contribution is 2.35. The number of hydrogen-bond donors (Lipinski definition) is 1. The van der Waals surface area contributed by atoms with Gasteiger partial charge in [-0.15, -0.1) is 0 Å². The second-order valence-corrected chi connectivity index (χ2v) is 8.82. The predicted octanol–water partition coefficient (Wildman–Crippen LogP) is 8.30. The number of nitrogens with zero attached hydrogens (tertiary/aromatic N) is 1. The highest BCUT2D eigenvalue weighted by molar-refractivity contribution is 6.11. The molecule has 0 amide bonds. The molecule has 33 heavy (non-hydrogen) atoms. The molecule has 2 heterocycles. The van der Waals surface area contributed by atoms with Crippen LogP contribution in [0.3, 0.4) is 0 Å². The Bertz CT molecular complexity index is 1820. The van der Waals surface area contributed by atoms with E-state index in [9.17, 15) is 0 Å². The van der Waals surface area contributed by atoms with Gasteiger partial charge in [-0.1, -0.05) is 66.7 Å². The highest BCUT2D eigenvalue weighted by atomic mass is 14.9. The van der Waals surface area contributed by atoms with Crippen molar-refractivity contribution >= 4 is 43.6 Å². The van der Waals surface area contributed by atoms with Crippen LogP contribution >= 0.6 is 0 Å². The average molecular weight is 423 g/mol. The van der Waals surface area contributed by atoms with Crippen LogP contribution in [0, 0.1) is 0 Å². The maximum absolute atomic E-state index is 3.59. The van der Waals surface area contributed by atoms with Crippen LogP contribution in [0.5, 0.6) is 0 Å². The molecule has 0 saturated carbocycles. The third-order valence-electron chi connectivity index (χ3n) is 6.95. The fraction of sp³-hybridized carbons (Fsp3) is 0.0323. The summed E-state index contributed by atoms with van der Waals surface area (Å²) in [6.45, 7) is 0. The second kappa shape index (κ2) is 6.85. The number of hydrogen-bond acceptors (Lipinski definition) is 0. The van der Waals surface area contributed by atoms with Crippen LogP contribution in [-0.4, -0.2) is 9.55 Å². The standard InChI is InChI=1S/C31H22N2/c1-33-30-10-6-5-9-24(30)27-19-23(13-16-31(27)33)22-12-15-29-26(18-22)25-17-21(11-14-28(25)32-29)20-7-3-2-4-8-20/h2-19,32H,1H3. The summed E-state index contributed by atoms with van der Waals surface area (Å²) in [4.78, 5) is 3.59.